The first kappa shape index (κ1) is 63.5. The summed E-state index contributed by atoms with van der Waals surface area (Å²) in [4.78, 5) is 48.7. The Kier molecular flexibility index (Phi) is 19.2. The molecule has 0 saturated carbocycles. The van der Waals surface area contributed by atoms with Gasteiger partial charge in [-0.2, -0.15) is 0 Å². The zero-order valence-electron chi connectivity index (χ0n) is 49.7. The van der Waals surface area contributed by atoms with Crippen LogP contribution in [0.1, 0.15) is 77.0 Å². The molecular formula is C60H72N16O8S4Zn. The van der Waals surface area contributed by atoms with Crippen molar-refractivity contribution in [2.75, 3.05) is 105 Å². The Bertz CT molecular complexity index is 4170. The van der Waals surface area contributed by atoms with Crippen molar-refractivity contribution < 1.29 is 53.1 Å². The van der Waals surface area contributed by atoms with Crippen LogP contribution in [0.25, 0.3) is 89.7 Å². The third-order valence-electron chi connectivity index (χ3n) is 17.5. The maximum absolute atomic E-state index is 14.1. The number of piperidine rings is 4. The zero-order valence-corrected chi connectivity index (χ0v) is 55.9. The monoisotopic (exact) mass is 1340 g/mol. The van der Waals surface area contributed by atoms with Gasteiger partial charge in [0.1, 0.15) is 0 Å². The molecule has 0 atom stereocenters. The van der Waals surface area contributed by atoms with E-state index in [4.69, 9.17) is 39.9 Å². The maximum atomic E-state index is 14.1. The van der Waals surface area contributed by atoms with Gasteiger partial charge in [-0.25, -0.2) is 62.5 Å². The summed E-state index contributed by atoms with van der Waals surface area (Å²) in [7, 11) is -16.3. The van der Waals surface area contributed by atoms with Crippen molar-refractivity contribution in [1.82, 2.24) is 78.4 Å². The topological polar surface area (TPSA) is 303 Å². The van der Waals surface area contributed by atoms with E-state index < -0.39 is 40.1 Å². The molecule has 4 aromatic carbocycles. The van der Waals surface area contributed by atoms with E-state index in [2.05, 4.69) is 38.5 Å². The van der Waals surface area contributed by atoms with E-state index in [1.165, 1.54) is 48.5 Å². The number of nitrogens with one attached hydrogen (secondary N) is 4. The van der Waals surface area contributed by atoms with E-state index >= 15 is 0 Å². The average Bonchev–Trinajstić information content (AvgIpc) is 1.87. The van der Waals surface area contributed by atoms with Gasteiger partial charge in [0.15, 0.2) is 0 Å². The number of likely N-dealkylation sites (tertiary alicyclic amines) is 4. The number of hydrogen-bond donors (Lipinski definition) is 4. The second kappa shape index (κ2) is 26.9. The van der Waals surface area contributed by atoms with Crippen molar-refractivity contribution in [1.29, 1.82) is 0 Å². The summed E-state index contributed by atoms with van der Waals surface area (Å²) in [6, 6.07) is 18.1. The quantitative estimate of drug-likeness (QED) is 0.0714. The van der Waals surface area contributed by atoms with E-state index in [1.54, 1.807) is 24.3 Å². The first-order valence-corrected chi connectivity index (χ1v) is 36.6. The molecule has 89 heavy (non-hydrogen) atoms. The van der Waals surface area contributed by atoms with Crippen LogP contribution in [0.4, 0.5) is 0 Å². The minimum Gasteiger partial charge on any atom is -0.357 e. The molecule has 8 bridgehead atoms. The minimum atomic E-state index is -4.08. The molecule has 466 valence electrons. The Morgan fingerprint density at radius 2 is 0.573 bits per heavy atom. The second-order valence-electron chi connectivity index (χ2n) is 23.5. The molecule has 7 aromatic rings. The second-order valence-corrected chi connectivity index (χ2v) is 30.6. The largest absolute Gasteiger partial charge is 2.00 e. The van der Waals surface area contributed by atoms with Gasteiger partial charge in [0, 0.05) is 97.2 Å². The number of benzene rings is 4. The summed E-state index contributed by atoms with van der Waals surface area (Å²) in [6.45, 7) is 10.2. The summed E-state index contributed by atoms with van der Waals surface area (Å²) in [5.74, 6) is 0.168. The summed E-state index contributed by atoms with van der Waals surface area (Å²) >= 11 is 0. The molecule has 13 rings (SSSR count). The van der Waals surface area contributed by atoms with E-state index in [1.807, 2.05) is 0 Å². The molecule has 9 heterocycles. The van der Waals surface area contributed by atoms with Crippen molar-refractivity contribution in [3.05, 3.63) is 72.8 Å². The molecule has 29 heteroatoms. The van der Waals surface area contributed by atoms with Crippen molar-refractivity contribution in [2.24, 2.45) is 0 Å². The number of nitrogens with zero attached hydrogens (tertiary/aromatic N) is 12. The van der Waals surface area contributed by atoms with Crippen LogP contribution in [-0.2, 0) is 59.6 Å². The van der Waals surface area contributed by atoms with E-state index in [-0.39, 0.29) is 133 Å². The van der Waals surface area contributed by atoms with Gasteiger partial charge in [-0.05, 0) is 174 Å². The van der Waals surface area contributed by atoms with Crippen LogP contribution in [-0.4, -0.2) is 188 Å². The fourth-order valence-electron chi connectivity index (χ4n) is 12.7. The predicted octanol–water partition coefficient (Wildman–Crippen LogP) is 5.18. The maximum Gasteiger partial charge on any atom is 2.00 e. The third-order valence-corrected chi connectivity index (χ3v) is 23.3. The van der Waals surface area contributed by atoms with Gasteiger partial charge in [0.25, 0.3) is 0 Å². The number of rotatable bonds is 20. The molecule has 4 saturated heterocycles. The molecule has 3 aromatic heterocycles. The predicted molar refractivity (Wildman–Crippen MR) is 336 cm³/mol. The molecule has 0 amide bonds. The first-order chi connectivity index (χ1) is 42.5. The number of fused-ring (bicyclic) bond motifs is 20. The Morgan fingerprint density at radius 3 is 0.876 bits per heavy atom. The van der Waals surface area contributed by atoms with Gasteiger partial charge in [0.2, 0.25) is 40.1 Å². The summed E-state index contributed by atoms with van der Waals surface area (Å²) in [5, 5.41) is 1.33. The molecule has 24 nitrogen and oxygen atoms in total. The van der Waals surface area contributed by atoms with Crippen LogP contribution in [0.5, 0.6) is 0 Å². The van der Waals surface area contributed by atoms with Gasteiger partial charge >= 0.3 is 19.5 Å². The molecule has 0 aliphatic carbocycles. The molecule has 0 unspecified atom stereocenters. The zero-order chi connectivity index (χ0) is 60.6. The van der Waals surface area contributed by atoms with E-state index in [0.717, 1.165) is 129 Å². The van der Waals surface area contributed by atoms with Crippen LogP contribution in [0.15, 0.2) is 92.4 Å². The minimum absolute atomic E-state index is 0. The van der Waals surface area contributed by atoms with Crippen LogP contribution >= 0.6 is 0 Å². The van der Waals surface area contributed by atoms with E-state index in [9.17, 15) is 33.7 Å². The SMILES string of the molecule is O=S(=O)(NCCN1CCCCC1)c1ccc2c(c1)-c1nc-2nc2[n-]c(nc3nc(nc4[n-]c(n1)c1ccc(S(=O)(=O)NCCN5CCCCC5)cc41)-c1ccc(S(=O)(=O)NCCN4CCCCC4)cc1-3)c1ccc(S(=O)(=O)NCCN3CCCCC3)cc21.[Zn+2]. The molecule has 4 N–H and O–H groups in total. The van der Waals surface area contributed by atoms with Crippen molar-refractivity contribution in [2.45, 2.75) is 96.6 Å². The van der Waals surface area contributed by atoms with Crippen LogP contribution in [0.2, 0.25) is 0 Å². The Labute approximate surface area is 531 Å². The Morgan fingerprint density at radius 1 is 0.315 bits per heavy atom. The smallest absolute Gasteiger partial charge is 0.357 e. The number of hydrogen-bond acceptors (Lipinski definition) is 18. The number of sulfonamides is 4. The van der Waals surface area contributed by atoms with Gasteiger partial charge < -0.3 is 49.5 Å². The summed E-state index contributed by atoms with van der Waals surface area (Å²) in [6.07, 6.45) is 13.1. The molecule has 6 aliphatic heterocycles. The molecule has 0 radical (unpaired) electrons. The summed E-state index contributed by atoms with van der Waals surface area (Å²) in [5.41, 5.74) is 1.50. The van der Waals surface area contributed by atoms with Crippen LogP contribution < -0.4 is 28.9 Å². The van der Waals surface area contributed by atoms with Crippen LogP contribution in [0.3, 0.4) is 0 Å². The first-order valence-electron chi connectivity index (χ1n) is 30.7. The average molecular weight is 1340 g/mol. The van der Waals surface area contributed by atoms with E-state index in [0.29, 0.717) is 48.1 Å². The molecular weight excluding hydrogens is 1270 g/mol. The van der Waals surface area contributed by atoms with Crippen molar-refractivity contribution >= 4 is 84.2 Å². The van der Waals surface area contributed by atoms with Crippen LogP contribution in [0, 0.1) is 0 Å². The summed E-state index contributed by atoms with van der Waals surface area (Å²) < 4.78 is 124. The number of aromatic nitrogens is 8. The fourth-order valence-corrected chi connectivity index (χ4v) is 16.9. The van der Waals surface area contributed by atoms with Crippen molar-refractivity contribution in [3.8, 4) is 45.6 Å². The standard InChI is InChI=1S/C60H72N16O8S4.Zn/c77-85(78,61-21-33-73-25-5-1-6-26-73)41-13-17-45-49(37-41)57-65-53(45)70-58-51-39-43(87(81,82)63-23-35-75-29-9-3-10-30-75)15-19-47(51)55(67-58)72-60-52-40-44(88(83,84)64-24-36-76-31-11-4-12-32-76)16-20-48(52)56(68-60)71-59-50-38-42(14-18-46(50)54(66-59)69-57)86(79,80)62-22-34-74-27-7-2-8-28-74;/h13-20,37-40,61-64H,1-12,21-36H2;/q-2;+2. The van der Waals surface area contributed by atoms with Gasteiger partial charge in [-0.3, -0.25) is 0 Å². The molecule has 4 fully saturated rings. The van der Waals surface area contributed by atoms with Gasteiger partial charge in [0.05, 0.1) is 42.9 Å². The molecule has 6 aliphatic rings. The Balaban J connectivity index is 0.00000769. The normalized spacial score (nSPS) is 17.6. The van der Waals surface area contributed by atoms with Gasteiger partial charge in [-0.15, -0.1) is 0 Å². The molecule has 0 spiro atoms. The fraction of sp³-hybridized carbons (Fsp3) is 0.467. The van der Waals surface area contributed by atoms with Crippen molar-refractivity contribution in [3.63, 3.8) is 0 Å². The van der Waals surface area contributed by atoms with Gasteiger partial charge in [-0.1, -0.05) is 49.9 Å². The third kappa shape index (κ3) is 14.1. The Hall–Kier alpha value is -5.66.